The van der Waals surface area contributed by atoms with Gasteiger partial charge >= 0.3 is 0 Å². The number of amides is 1. The Morgan fingerprint density at radius 2 is 2.21 bits per heavy atom. The fourth-order valence-corrected chi connectivity index (χ4v) is 1.86. The summed E-state index contributed by atoms with van der Waals surface area (Å²) in [6.45, 7) is 4.93. The first-order chi connectivity index (χ1) is 9.10. The fraction of sp³-hybridized carbons (Fsp3) is 0.643. The predicted octanol–water partition coefficient (Wildman–Crippen LogP) is 1.91. The molecule has 1 aliphatic rings. The molecule has 1 aromatic heterocycles. The Kier molecular flexibility index (Phi) is 4.35. The van der Waals surface area contributed by atoms with Gasteiger partial charge in [-0.1, -0.05) is 13.3 Å². The Morgan fingerprint density at radius 1 is 1.47 bits per heavy atom. The number of nitrogens with zero attached hydrogens (tertiary/aromatic N) is 3. The Bertz CT molecular complexity index is 457. The molecule has 1 amide bonds. The number of carbonyl (C=O) groups is 1. The second-order valence-corrected chi connectivity index (χ2v) is 5.18. The van der Waals surface area contributed by atoms with E-state index in [0.29, 0.717) is 17.6 Å². The highest BCUT2D eigenvalue weighted by atomic mass is 16.2. The first-order valence-corrected chi connectivity index (χ1v) is 6.98. The highest BCUT2D eigenvalue weighted by Gasteiger charge is 2.24. The average Bonchev–Trinajstić information content (AvgIpc) is 3.19. The first kappa shape index (κ1) is 13.8. The predicted molar refractivity (Wildman–Crippen MR) is 75.4 cm³/mol. The molecule has 1 fully saturated rings. The van der Waals surface area contributed by atoms with Crippen LogP contribution in [0.2, 0.25) is 0 Å². The number of carbonyl (C=O) groups excluding carboxylic acids is 1. The van der Waals surface area contributed by atoms with Crippen molar-refractivity contribution in [2.75, 3.05) is 18.5 Å². The lowest BCUT2D eigenvalue weighted by Crippen LogP contribution is -2.28. The van der Waals surface area contributed by atoms with Crippen molar-refractivity contribution < 1.29 is 4.79 Å². The minimum atomic E-state index is -0.0851. The maximum absolute atomic E-state index is 12.0. The van der Waals surface area contributed by atoms with Crippen molar-refractivity contribution in [1.82, 2.24) is 15.3 Å². The van der Waals surface area contributed by atoms with E-state index in [1.54, 1.807) is 6.07 Å². The number of rotatable bonds is 6. The summed E-state index contributed by atoms with van der Waals surface area (Å²) in [7, 11) is 2.00. The van der Waals surface area contributed by atoms with Gasteiger partial charge < -0.3 is 10.2 Å². The highest BCUT2D eigenvalue weighted by molar-refractivity contribution is 5.93. The largest absolute Gasteiger partial charge is 0.360 e. The molecule has 0 aliphatic heterocycles. The monoisotopic (exact) mass is 262 g/mol. The first-order valence-electron chi connectivity index (χ1n) is 6.98. The Labute approximate surface area is 114 Å². The third-order valence-corrected chi connectivity index (χ3v) is 3.21. The lowest BCUT2D eigenvalue weighted by atomic mass is 10.3. The second kappa shape index (κ2) is 5.99. The smallest absolute Gasteiger partial charge is 0.270 e. The quantitative estimate of drug-likeness (QED) is 0.851. The zero-order valence-corrected chi connectivity index (χ0v) is 11.9. The highest BCUT2D eigenvalue weighted by Crippen LogP contribution is 2.19. The van der Waals surface area contributed by atoms with E-state index in [9.17, 15) is 4.79 Å². The van der Waals surface area contributed by atoms with Crippen LogP contribution in [0, 0.1) is 6.92 Å². The number of nitrogens with one attached hydrogen (secondary N) is 1. The van der Waals surface area contributed by atoms with Crippen LogP contribution in [0.3, 0.4) is 0 Å². The normalized spacial score (nSPS) is 14.3. The topological polar surface area (TPSA) is 58.1 Å². The molecule has 2 rings (SSSR count). The molecule has 0 spiro atoms. The second-order valence-electron chi connectivity index (χ2n) is 5.18. The van der Waals surface area contributed by atoms with Crippen LogP contribution in [0.25, 0.3) is 0 Å². The Balaban J connectivity index is 2.10. The summed E-state index contributed by atoms with van der Waals surface area (Å²) >= 11 is 0. The molecule has 104 valence electrons. The van der Waals surface area contributed by atoms with Crippen LogP contribution in [0.15, 0.2) is 6.07 Å². The van der Waals surface area contributed by atoms with Gasteiger partial charge in [-0.25, -0.2) is 9.97 Å². The zero-order valence-electron chi connectivity index (χ0n) is 11.9. The molecule has 0 radical (unpaired) electrons. The van der Waals surface area contributed by atoms with Gasteiger partial charge in [-0.3, -0.25) is 4.79 Å². The van der Waals surface area contributed by atoms with E-state index in [0.717, 1.165) is 38.0 Å². The molecular formula is C14H22N4O. The number of unbranched alkanes of at least 4 members (excludes halogenated alkanes) is 1. The molecule has 5 heteroatoms. The van der Waals surface area contributed by atoms with Crippen molar-refractivity contribution in [1.29, 1.82) is 0 Å². The molecule has 0 saturated heterocycles. The van der Waals surface area contributed by atoms with Crippen molar-refractivity contribution in [3.8, 4) is 0 Å². The Hall–Kier alpha value is -1.65. The van der Waals surface area contributed by atoms with Crippen LogP contribution in [0.5, 0.6) is 0 Å². The molecule has 0 atom stereocenters. The van der Waals surface area contributed by atoms with Gasteiger partial charge in [-0.2, -0.15) is 0 Å². The summed E-state index contributed by atoms with van der Waals surface area (Å²) < 4.78 is 0. The van der Waals surface area contributed by atoms with Gasteiger partial charge in [-0.15, -0.1) is 0 Å². The Morgan fingerprint density at radius 3 is 2.84 bits per heavy atom. The molecule has 1 aliphatic carbocycles. The van der Waals surface area contributed by atoms with Crippen LogP contribution in [0.4, 0.5) is 5.82 Å². The van der Waals surface area contributed by atoms with Crippen molar-refractivity contribution in [2.24, 2.45) is 0 Å². The molecule has 19 heavy (non-hydrogen) atoms. The van der Waals surface area contributed by atoms with Gasteiger partial charge in [0.25, 0.3) is 5.91 Å². The molecule has 1 N–H and O–H groups in total. The fourth-order valence-electron chi connectivity index (χ4n) is 1.86. The van der Waals surface area contributed by atoms with Crippen LogP contribution in [-0.2, 0) is 0 Å². The van der Waals surface area contributed by atoms with Gasteiger partial charge in [0.1, 0.15) is 17.3 Å². The van der Waals surface area contributed by atoms with Crippen molar-refractivity contribution in [2.45, 2.75) is 45.6 Å². The van der Waals surface area contributed by atoms with Crippen molar-refractivity contribution >= 4 is 11.7 Å². The maximum Gasteiger partial charge on any atom is 0.270 e. The minimum absolute atomic E-state index is 0.0851. The number of aromatic nitrogens is 2. The number of hydrogen-bond donors (Lipinski definition) is 1. The molecule has 0 aromatic carbocycles. The number of aryl methyl sites for hydroxylation is 1. The van der Waals surface area contributed by atoms with E-state index in [4.69, 9.17) is 0 Å². The van der Waals surface area contributed by atoms with E-state index >= 15 is 0 Å². The lowest BCUT2D eigenvalue weighted by molar-refractivity contribution is 0.0945. The van der Waals surface area contributed by atoms with E-state index in [-0.39, 0.29) is 5.91 Å². The number of anilines is 1. The average molecular weight is 262 g/mol. The van der Waals surface area contributed by atoms with E-state index in [2.05, 4.69) is 27.1 Å². The van der Waals surface area contributed by atoms with Gasteiger partial charge in [0.2, 0.25) is 0 Å². The van der Waals surface area contributed by atoms with Gasteiger partial charge in [0, 0.05) is 25.7 Å². The summed E-state index contributed by atoms with van der Waals surface area (Å²) in [6.07, 6.45) is 4.42. The van der Waals surface area contributed by atoms with Crippen molar-refractivity contribution in [3.63, 3.8) is 0 Å². The molecule has 0 unspecified atom stereocenters. The molecule has 1 heterocycles. The molecule has 5 nitrogen and oxygen atoms in total. The van der Waals surface area contributed by atoms with Crippen LogP contribution in [-0.4, -0.2) is 35.5 Å². The third-order valence-electron chi connectivity index (χ3n) is 3.21. The van der Waals surface area contributed by atoms with Gasteiger partial charge in [-0.05, 0) is 26.2 Å². The molecular weight excluding hydrogens is 240 g/mol. The summed E-state index contributed by atoms with van der Waals surface area (Å²) in [5, 5.41) is 2.96. The van der Waals surface area contributed by atoms with E-state index < -0.39 is 0 Å². The molecule has 0 bridgehead atoms. The van der Waals surface area contributed by atoms with Crippen LogP contribution >= 0.6 is 0 Å². The van der Waals surface area contributed by atoms with Gasteiger partial charge in [0.05, 0.1) is 0 Å². The van der Waals surface area contributed by atoms with E-state index in [1.165, 1.54) is 0 Å². The van der Waals surface area contributed by atoms with Crippen LogP contribution in [0.1, 0.15) is 48.9 Å². The number of hydrogen-bond acceptors (Lipinski definition) is 4. The minimum Gasteiger partial charge on any atom is -0.360 e. The summed E-state index contributed by atoms with van der Waals surface area (Å²) in [5.41, 5.74) is 0.470. The standard InChI is InChI=1S/C14H22N4O/c1-4-5-8-18(3)13-9-12(15-10(2)16-13)14(19)17-11-6-7-11/h9,11H,4-8H2,1-3H3,(H,17,19). The van der Waals surface area contributed by atoms with Gasteiger partial charge in [0.15, 0.2) is 0 Å². The van der Waals surface area contributed by atoms with Crippen LogP contribution < -0.4 is 10.2 Å². The van der Waals surface area contributed by atoms with E-state index in [1.807, 2.05) is 14.0 Å². The zero-order chi connectivity index (χ0) is 13.8. The summed E-state index contributed by atoms with van der Waals surface area (Å²) in [4.78, 5) is 22.7. The summed E-state index contributed by atoms with van der Waals surface area (Å²) in [5.74, 6) is 1.38. The molecule has 1 aromatic rings. The SMILES string of the molecule is CCCCN(C)c1cc(C(=O)NC2CC2)nc(C)n1. The molecule has 1 saturated carbocycles. The maximum atomic E-state index is 12.0. The van der Waals surface area contributed by atoms with Crippen molar-refractivity contribution in [3.05, 3.63) is 17.6 Å². The third kappa shape index (κ3) is 3.91. The summed E-state index contributed by atoms with van der Waals surface area (Å²) in [6, 6.07) is 2.13. The lowest BCUT2D eigenvalue weighted by Gasteiger charge is -2.18.